The normalized spacial score (nSPS) is 34.0. The van der Waals surface area contributed by atoms with Gasteiger partial charge in [-0.15, -0.1) is 0 Å². The van der Waals surface area contributed by atoms with E-state index in [1.807, 2.05) is 0 Å². The Balaban J connectivity index is 1.91. The first-order valence-electron chi connectivity index (χ1n) is 7.03. The minimum atomic E-state index is -4.37. The van der Waals surface area contributed by atoms with E-state index in [-0.39, 0.29) is 12.1 Å². The summed E-state index contributed by atoms with van der Waals surface area (Å²) in [6.07, 6.45) is -0.290. The number of nitrogens with one attached hydrogen (secondary N) is 1. The lowest BCUT2D eigenvalue weighted by molar-refractivity contribution is -0.137. The van der Waals surface area contributed by atoms with Crippen molar-refractivity contribution < 1.29 is 18.3 Å². The largest absolute Gasteiger partial charge is 0.416 e. The van der Waals surface area contributed by atoms with Gasteiger partial charge in [0, 0.05) is 12.1 Å². The van der Waals surface area contributed by atoms with E-state index < -0.39 is 17.3 Å². The lowest BCUT2D eigenvalue weighted by atomic mass is 9.74. The molecule has 2 atom stereocenters. The molecule has 1 aromatic carbocycles. The van der Waals surface area contributed by atoms with Gasteiger partial charge < -0.3 is 10.4 Å². The molecule has 0 amide bonds. The van der Waals surface area contributed by atoms with E-state index in [2.05, 4.69) is 5.32 Å². The highest BCUT2D eigenvalue weighted by atomic mass is 19.4. The van der Waals surface area contributed by atoms with E-state index in [0.29, 0.717) is 18.4 Å². The van der Waals surface area contributed by atoms with Crippen molar-refractivity contribution in [1.82, 2.24) is 5.32 Å². The summed E-state index contributed by atoms with van der Waals surface area (Å²) in [7, 11) is 0. The van der Waals surface area contributed by atoms with Crippen LogP contribution < -0.4 is 5.32 Å². The molecule has 0 radical (unpaired) electrons. The number of aliphatic hydroxyl groups is 1. The summed E-state index contributed by atoms with van der Waals surface area (Å²) < 4.78 is 38.4. The van der Waals surface area contributed by atoms with Crippen molar-refractivity contribution >= 4 is 0 Å². The molecule has 2 bridgehead atoms. The highest BCUT2D eigenvalue weighted by Gasteiger charge is 2.42. The van der Waals surface area contributed by atoms with Crippen molar-refractivity contribution in [3.05, 3.63) is 35.4 Å². The third-order valence-corrected chi connectivity index (χ3v) is 4.47. The zero-order valence-electron chi connectivity index (χ0n) is 11.1. The molecule has 20 heavy (non-hydrogen) atoms. The van der Waals surface area contributed by atoms with Gasteiger partial charge in [-0.3, -0.25) is 0 Å². The Morgan fingerprint density at radius 3 is 2.40 bits per heavy atom. The summed E-state index contributed by atoms with van der Waals surface area (Å²) >= 11 is 0. The second kappa shape index (κ2) is 4.74. The third-order valence-electron chi connectivity index (χ3n) is 4.47. The summed E-state index contributed by atoms with van der Waals surface area (Å²) in [4.78, 5) is 0. The smallest absolute Gasteiger partial charge is 0.385 e. The molecule has 0 saturated carbocycles. The predicted octanol–water partition coefficient (Wildman–Crippen LogP) is 3.20. The second-order valence-electron chi connectivity index (χ2n) is 6.01. The molecule has 5 heteroatoms. The molecule has 1 aromatic rings. The van der Waals surface area contributed by atoms with Crippen molar-refractivity contribution in [2.75, 3.05) is 0 Å². The van der Waals surface area contributed by atoms with Crippen LogP contribution in [0, 0.1) is 0 Å². The molecule has 2 heterocycles. The lowest BCUT2D eigenvalue weighted by Crippen LogP contribution is -2.54. The lowest BCUT2D eigenvalue weighted by Gasteiger charge is -2.45. The van der Waals surface area contributed by atoms with Crippen LogP contribution in [-0.2, 0) is 11.8 Å². The molecule has 2 aliphatic rings. The van der Waals surface area contributed by atoms with E-state index in [0.717, 1.165) is 31.4 Å². The summed E-state index contributed by atoms with van der Waals surface area (Å²) in [5, 5.41) is 14.3. The Kier molecular flexibility index (Phi) is 3.29. The van der Waals surface area contributed by atoms with Crippen LogP contribution in [0.3, 0.4) is 0 Å². The van der Waals surface area contributed by atoms with Crippen molar-refractivity contribution in [3.8, 4) is 0 Å². The maximum absolute atomic E-state index is 12.8. The molecule has 3 rings (SSSR count). The summed E-state index contributed by atoms with van der Waals surface area (Å²) in [6, 6.07) is 5.56. The topological polar surface area (TPSA) is 32.3 Å². The summed E-state index contributed by atoms with van der Waals surface area (Å²) in [5.41, 5.74) is -1.43. The molecular weight excluding hydrogens is 267 g/mol. The van der Waals surface area contributed by atoms with Crippen molar-refractivity contribution in [2.45, 2.75) is 56.0 Å². The molecule has 0 spiro atoms. The van der Waals surface area contributed by atoms with Gasteiger partial charge in [-0.2, -0.15) is 13.2 Å². The molecule has 2 aliphatic heterocycles. The molecule has 2 fully saturated rings. The number of rotatable bonds is 1. The number of hydrogen-bond donors (Lipinski definition) is 2. The van der Waals surface area contributed by atoms with Gasteiger partial charge in [0.05, 0.1) is 11.2 Å². The van der Waals surface area contributed by atoms with Crippen molar-refractivity contribution in [2.24, 2.45) is 0 Å². The van der Waals surface area contributed by atoms with Crippen LogP contribution in [0.4, 0.5) is 13.2 Å². The number of benzene rings is 1. The monoisotopic (exact) mass is 285 g/mol. The maximum Gasteiger partial charge on any atom is 0.416 e. The fourth-order valence-electron chi connectivity index (χ4n) is 3.55. The number of alkyl halides is 3. The molecule has 110 valence electrons. The van der Waals surface area contributed by atoms with Gasteiger partial charge >= 0.3 is 6.18 Å². The SMILES string of the molecule is OC1(c2cccc(C(F)(F)F)c2)CC2CCCC(C1)N2. The van der Waals surface area contributed by atoms with Crippen LogP contribution in [0.15, 0.2) is 24.3 Å². The first kappa shape index (κ1) is 13.9. The Labute approximate surface area is 116 Å². The van der Waals surface area contributed by atoms with E-state index in [1.54, 1.807) is 6.07 Å². The van der Waals surface area contributed by atoms with Crippen LogP contribution in [0.25, 0.3) is 0 Å². The highest BCUT2D eigenvalue weighted by Crippen LogP contribution is 2.41. The van der Waals surface area contributed by atoms with Crippen LogP contribution >= 0.6 is 0 Å². The first-order valence-corrected chi connectivity index (χ1v) is 7.03. The fourth-order valence-corrected chi connectivity index (χ4v) is 3.55. The van der Waals surface area contributed by atoms with Gasteiger partial charge in [0.15, 0.2) is 0 Å². The molecule has 0 aliphatic carbocycles. The van der Waals surface area contributed by atoms with E-state index in [1.165, 1.54) is 6.07 Å². The number of piperidine rings is 2. The van der Waals surface area contributed by atoms with Gasteiger partial charge in [-0.05, 0) is 43.4 Å². The molecule has 0 aromatic heterocycles. The quantitative estimate of drug-likeness (QED) is 0.830. The van der Waals surface area contributed by atoms with Crippen molar-refractivity contribution in [3.63, 3.8) is 0 Å². The second-order valence-corrected chi connectivity index (χ2v) is 6.01. The van der Waals surface area contributed by atoms with Gasteiger partial charge in [0.1, 0.15) is 0 Å². The fraction of sp³-hybridized carbons (Fsp3) is 0.600. The average Bonchev–Trinajstić information content (AvgIpc) is 2.37. The van der Waals surface area contributed by atoms with Gasteiger partial charge in [0.25, 0.3) is 0 Å². The van der Waals surface area contributed by atoms with Gasteiger partial charge in [0.2, 0.25) is 0 Å². The predicted molar refractivity (Wildman–Crippen MR) is 69.1 cm³/mol. The van der Waals surface area contributed by atoms with E-state index in [9.17, 15) is 18.3 Å². The zero-order chi connectivity index (χ0) is 14.4. The summed E-state index contributed by atoms with van der Waals surface area (Å²) in [5.74, 6) is 0. The summed E-state index contributed by atoms with van der Waals surface area (Å²) in [6.45, 7) is 0. The van der Waals surface area contributed by atoms with Crippen LogP contribution in [-0.4, -0.2) is 17.2 Å². The maximum atomic E-state index is 12.8. The van der Waals surface area contributed by atoms with Gasteiger partial charge in [-0.25, -0.2) is 0 Å². The Morgan fingerprint density at radius 1 is 1.15 bits per heavy atom. The third kappa shape index (κ3) is 2.56. The average molecular weight is 285 g/mol. The molecule has 2 saturated heterocycles. The highest BCUT2D eigenvalue weighted by molar-refractivity contribution is 5.31. The Bertz CT molecular complexity index is 488. The Hall–Kier alpha value is -1.07. The number of hydrogen-bond acceptors (Lipinski definition) is 2. The minimum absolute atomic E-state index is 0.210. The van der Waals surface area contributed by atoms with Crippen LogP contribution in [0.5, 0.6) is 0 Å². The van der Waals surface area contributed by atoms with Gasteiger partial charge in [-0.1, -0.05) is 18.6 Å². The molecule has 2 nitrogen and oxygen atoms in total. The number of halogens is 3. The molecule has 2 unspecified atom stereocenters. The van der Waals surface area contributed by atoms with E-state index in [4.69, 9.17) is 0 Å². The first-order chi connectivity index (χ1) is 9.37. The number of fused-ring (bicyclic) bond motifs is 2. The standard InChI is InChI=1S/C15H18F3NO/c16-15(17,18)11-4-1-3-10(7-11)14(20)8-12-5-2-6-13(9-14)19-12/h1,3-4,7,12-13,19-20H,2,5-6,8-9H2. The van der Waals surface area contributed by atoms with Crippen LogP contribution in [0.1, 0.15) is 43.2 Å². The van der Waals surface area contributed by atoms with Crippen LogP contribution in [0.2, 0.25) is 0 Å². The molecular formula is C15H18F3NO. The Morgan fingerprint density at radius 2 is 1.80 bits per heavy atom. The van der Waals surface area contributed by atoms with E-state index >= 15 is 0 Å². The van der Waals surface area contributed by atoms with Crippen molar-refractivity contribution in [1.29, 1.82) is 0 Å². The molecule has 2 N–H and O–H groups in total. The zero-order valence-corrected chi connectivity index (χ0v) is 11.1. The minimum Gasteiger partial charge on any atom is -0.385 e.